The molecule has 1 atom stereocenters. The topological polar surface area (TPSA) is 50.9 Å². The molecule has 13 heavy (non-hydrogen) atoms. The number of carbonyl (C=O) groups excluding carboxylic acids is 1. The van der Waals surface area contributed by atoms with E-state index in [1.807, 2.05) is 20.8 Å². The maximum Gasteiger partial charge on any atom is 0.378 e. The van der Waals surface area contributed by atoms with Gasteiger partial charge in [0.25, 0.3) is 0 Å². The molecule has 0 saturated carbocycles. The molecule has 1 aliphatic rings. The molecule has 73 valence electrons. The van der Waals surface area contributed by atoms with E-state index in [4.69, 9.17) is 9.47 Å². The van der Waals surface area contributed by atoms with E-state index in [1.165, 1.54) is 0 Å². The quantitative estimate of drug-likeness (QED) is 0.597. The summed E-state index contributed by atoms with van der Waals surface area (Å²) < 4.78 is 9.84. The van der Waals surface area contributed by atoms with Crippen LogP contribution >= 0.6 is 0 Å². The first-order chi connectivity index (χ1) is 5.47. The Morgan fingerprint density at radius 1 is 1.62 bits per heavy atom. The molecule has 1 fully saturated rings. The van der Waals surface area contributed by atoms with Crippen molar-refractivity contribution in [3.63, 3.8) is 0 Å². The van der Waals surface area contributed by atoms with Gasteiger partial charge >= 0.3 is 6.09 Å². The Morgan fingerprint density at radius 2 is 2.15 bits per heavy atom. The van der Waals surface area contributed by atoms with Gasteiger partial charge in [0.2, 0.25) is 0 Å². The van der Waals surface area contributed by atoms with Crippen molar-refractivity contribution in [3.8, 4) is 0 Å². The van der Waals surface area contributed by atoms with Crippen molar-refractivity contribution in [1.29, 1.82) is 0 Å². The molecule has 0 aliphatic carbocycles. The molecular weight excluding hydrogens is 247 g/mol. The van der Waals surface area contributed by atoms with Crippen molar-refractivity contribution >= 4 is 6.09 Å². The van der Waals surface area contributed by atoms with Crippen molar-refractivity contribution in [2.75, 3.05) is 6.61 Å². The summed E-state index contributed by atoms with van der Waals surface area (Å²) in [6, 6.07) is 0. The summed E-state index contributed by atoms with van der Waals surface area (Å²) in [4.78, 5) is 11.0. The van der Waals surface area contributed by atoms with Gasteiger partial charge in [-0.05, 0) is 26.9 Å². The Kier molecular flexibility index (Phi) is 5.41. The van der Waals surface area contributed by atoms with Crippen LogP contribution in [0.15, 0.2) is 0 Å². The predicted molar refractivity (Wildman–Crippen MR) is 43.4 cm³/mol. The van der Waals surface area contributed by atoms with Crippen molar-refractivity contribution in [2.24, 2.45) is 0 Å². The zero-order valence-electron chi connectivity index (χ0n) is 8.16. The van der Waals surface area contributed by atoms with Gasteiger partial charge in [-0.2, -0.15) is 0 Å². The van der Waals surface area contributed by atoms with Gasteiger partial charge in [-0.1, -0.05) is 0 Å². The SMILES string of the molecule is CC(C)(C)OC(=O)N[CH-][C@H]1CO1.[Y]. The molecule has 1 aliphatic heterocycles. The van der Waals surface area contributed by atoms with Gasteiger partial charge in [-0.3, -0.25) is 0 Å². The van der Waals surface area contributed by atoms with Crippen molar-refractivity contribution in [2.45, 2.75) is 32.5 Å². The first kappa shape index (κ1) is 13.3. The van der Waals surface area contributed by atoms with Crippen LogP contribution in [0.25, 0.3) is 0 Å². The summed E-state index contributed by atoms with van der Waals surface area (Å²) in [6.45, 7) is 7.74. The summed E-state index contributed by atoms with van der Waals surface area (Å²) >= 11 is 0. The molecule has 4 nitrogen and oxygen atoms in total. The summed E-state index contributed by atoms with van der Waals surface area (Å²) in [5.74, 6) is 0. The largest absolute Gasteiger partial charge is 0.468 e. The fraction of sp³-hybridized carbons (Fsp3) is 0.750. The minimum atomic E-state index is -0.442. The molecule has 1 saturated heterocycles. The van der Waals surface area contributed by atoms with Crippen LogP contribution in [0.5, 0.6) is 0 Å². The molecule has 0 bridgehead atoms. The maximum atomic E-state index is 11.0. The van der Waals surface area contributed by atoms with E-state index >= 15 is 0 Å². The number of alkyl carbamates (subject to hydrolysis) is 1. The molecule has 0 aromatic carbocycles. The Balaban J connectivity index is 0.00000144. The fourth-order valence-electron chi connectivity index (χ4n) is 0.620. The van der Waals surface area contributed by atoms with Crippen LogP contribution < -0.4 is 5.32 Å². The molecule has 1 amide bonds. The normalized spacial score (nSPS) is 20.1. The van der Waals surface area contributed by atoms with E-state index in [9.17, 15) is 4.79 Å². The third kappa shape index (κ3) is 7.41. The van der Waals surface area contributed by atoms with Crippen LogP contribution in [0, 0.1) is 6.54 Å². The minimum absolute atomic E-state index is 0. The second-order valence-corrected chi connectivity index (χ2v) is 3.68. The van der Waals surface area contributed by atoms with Crippen LogP contribution in [0.4, 0.5) is 4.79 Å². The average Bonchev–Trinajstić information content (AvgIpc) is 2.61. The van der Waals surface area contributed by atoms with Crippen LogP contribution in [0.3, 0.4) is 0 Å². The van der Waals surface area contributed by atoms with Gasteiger partial charge in [-0.15, -0.1) is 0 Å². The second kappa shape index (κ2) is 5.27. The Bertz CT molecular complexity index is 175. The van der Waals surface area contributed by atoms with Gasteiger partial charge in [0, 0.05) is 39.3 Å². The molecule has 1 rings (SSSR count). The molecule has 1 N–H and O–H groups in total. The number of hydrogen-bond acceptors (Lipinski definition) is 3. The van der Waals surface area contributed by atoms with Gasteiger partial charge in [0.15, 0.2) is 0 Å². The summed E-state index contributed by atoms with van der Waals surface area (Å²) in [5.41, 5.74) is -0.442. The summed E-state index contributed by atoms with van der Waals surface area (Å²) in [7, 11) is 0. The van der Waals surface area contributed by atoms with Gasteiger partial charge < -0.3 is 14.8 Å². The number of ether oxygens (including phenoxy) is 2. The standard InChI is InChI=1S/C8H14NO3.Y/c1-8(2,3)12-7(10)9-4-6-5-11-6;/h4,6H,5H2,1-3H3,(H,9,10);/q-1;/t6-;/m0./s1. The Morgan fingerprint density at radius 3 is 2.54 bits per heavy atom. The molecule has 5 heteroatoms. The monoisotopic (exact) mass is 261 g/mol. The van der Waals surface area contributed by atoms with Crippen LogP contribution in [0.2, 0.25) is 0 Å². The Hall–Kier alpha value is 0.334. The first-order valence-electron chi connectivity index (χ1n) is 3.92. The van der Waals surface area contributed by atoms with E-state index in [0.29, 0.717) is 6.61 Å². The van der Waals surface area contributed by atoms with Gasteiger partial charge in [0.05, 0.1) is 0 Å². The number of epoxide rings is 1. The van der Waals surface area contributed by atoms with Crippen LogP contribution in [-0.4, -0.2) is 24.4 Å². The van der Waals surface area contributed by atoms with Crippen molar-refractivity contribution in [3.05, 3.63) is 6.54 Å². The average molecular weight is 261 g/mol. The van der Waals surface area contributed by atoms with Crippen molar-refractivity contribution in [1.82, 2.24) is 5.32 Å². The number of carbonyl (C=O) groups is 1. The van der Waals surface area contributed by atoms with E-state index in [-0.39, 0.29) is 38.8 Å². The van der Waals surface area contributed by atoms with Crippen LogP contribution in [-0.2, 0) is 42.2 Å². The molecule has 0 unspecified atom stereocenters. The number of nitrogens with one attached hydrogen (secondary N) is 1. The zero-order chi connectivity index (χ0) is 9.19. The summed E-state index contributed by atoms with van der Waals surface area (Å²) in [5, 5.41) is 2.49. The number of rotatable bonds is 2. The molecule has 1 heterocycles. The van der Waals surface area contributed by atoms with E-state index in [2.05, 4.69) is 5.32 Å². The third-order valence-electron chi connectivity index (χ3n) is 1.15. The molecule has 0 aromatic heterocycles. The smallest absolute Gasteiger partial charge is 0.378 e. The molecule has 0 spiro atoms. The molecular formula is C8H14NO3Y-. The van der Waals surface area contributed by atoms with Gasteiger partial charge in [-0.25, -0.2) is 11.3 Å². The summed E-state index contributed by atoms with van der Waals surface area (Å²) in [6.07, 6.45) is -0.351. The van der Waals surface area contributed by atoms with E-state index in [0.717, 1.165) is 0 Å². The third-order valence-corrected chi connectivity index (χ3v) is 1.15. The fourth-order valence-corrected chi connectivity index (χ4v) is 0.620. The van der Waals surface area contributed by atoms with Crippen LogP contribution in [0.1, 0.15) is 20.8 Å². The zero-order valence-corrected chi connectivity index (χ0v) is 11.0. The number of hydrogen-bond donors (Lipinski definition) is 1. The van der Waals surface area contributed by atoms with Crippen molar-refractivity contribution < 1.29 is 47.0 Å². The molecule has 1 radical (unpaired) electrons. The van der Waals surface area contributed by atoms with Gasteiger partial charge in [0.1, 0.15) is 5.60 Å². The first-order valence-corrected chi connectivity index (χ1v) is 3.92. The van der Waals surface area contributed by atoms with E-state index in [1.54, 1.807) is 6.54 Å². The predicted octanol–water partition coefficient (Wildman–Crippen LogP) is 1.07. The number of amides is 1. The second-order valence-electron chi connectivity index (χ2n) is 3.68. The Labute approximate surface area is 104 Å². The van der Waals surface area contributed by atoms with E-state index < -0.39 is 11.7 Å². The minimum Gasteiger partial charge on any atom is -0.468 e. The molecule has 0 aromatic rings. The maximum absolute atomic E-state index is 11.0.